The van der Waals surface area contributed by atoms with Gasteiger partial charge in [-0.05, 0) is 45.9 Å². The van der Waals surface area contributed by atoms with Gasteiger partial charge >= 0.3 is 0 Å². The van der Waals surface area contributed by atoms with E-state index in [0.717, 1.165) is 33.1 Å². The van der Waals surface area contributed by atoms with Crippen molar-refractivity contribution in [3.8, 4) is 11.4 Å². The van der Waals surface area contributed by atoms with Crippen LogP contribution in [0, 0.1) is 13.8 Å². The highest BCUT2D eigenvalue weighted by atomic mass is 16.3. The lowest BCUT2D eigenvalue weighted by Crippen LogP contribution is -2.01. The predicted molar refractivity (Wildman–Crippen MR) is 160 cm³/mol. The highest BCUT2D eigenvalue weighted by molar-refractivity contribution is 6.05. The summed E-state index contributed by atoms with van der Waals surface area (Å²) in [7, 11) is 0. The number of rotatable bonds is 3. The van der Waals surface area contributed by atoms with Gasteiger partial charge in [-0.2, -0.15) is 0 Å². The zero-order valence-corrected chi connectivity index (χ0v) is 23.4. The van der Waals surface area contributed by atoms with Gasteiger partial charge < -0.3 is 4.42 Å². The van der Waals surface area contributed by atoms with Crippen molar-refractivity contribution in [2.75, 3.05) is 0 Å². The van der Waals surface area contributed by atoms with E-state index in [4.69, 9.17) is 4.42 Å². The molecule has 5 rings (SSSR count). The van der Waals surface area contributed by atoms with E-state index in [-0.39, 0.29) is 0 Å². The lowest BCUT2D eigenvalue weighted by atomic mass is 10.1. The summed E-state index contributed by atoms with van der Waals surface area (Å²) in [5, 5.41) is 2.21. The van der Waals surface area contributed by atoms with Crippen molar-refractivity contribution < 1.29 is 4.42 Å². The van der Waals surface area contributed by atoms with Crippen molar-refractivity contribution in [3.63, 3.8) is 0 Å². The minimum atomic E-state index is 0.652. The first-order valence-corrected chi connectivity index (χ1v) is 13.0. The molecule has 4 heteroatoms. The van der Waals surface area contributed by atoms with Crippen LogP contribution in [0.4, 0.5) is 0 Å². The molecule has 0 atom stereocenters. The molecule has 0 radical (unpaired) electrons. The van der Waals surface area contributed by atoms with Crippen molar-refractivity contribution in [1.29, 1.82) is 0 Å². The first-order chi connectivity index (χ1) is 18.1. The Morgan fingerprint density at radius 3 is 1.97 bits per heavy atom. The lowest BCUT2D eigenvalue weighted by Gasteiger charge is -2.06. The molecule has 2 aromatic heterocycles. The quantitative estimate of drug-likeness (QED) is 0.235. The zero-order valence-electron chi connectivity index (χ0n) is 23.4. The van der Waals surface area contributed by atoms with Gasteiger partial charge in [0.2, 0.25) is 0 Å². The smallest absolute Gasteiger partial charge is 0.163 e. The molecule has 0 bridgehead atoms. The Morgan fingerprint density at radius 1 is 0.703 bits per heavy atom. The van der Waals surface area contributed by atoms with Crippen LogP contribution in [0.25, 0.3) is 38.9 Å². The topological polar surface area (TPSA) is 51.8 Å². The second kappa shape index (κ2) is 15.1. The van der Waals surface area contributed by atoms with Crippen LogP contribution in [0.2, 0.25) is 0 Å². The molecular formula is C33H39N3O. The fourth-order valence-corrected chi connectivity index (χ4v) is 3.62. The van der Waals surface area contributed by atoms with Gasteiger partial charge in [-0.15, -0.1) is 0 Å². The molecule has 0 aliphatic heterocycles. The molecule has 5 aromatic rings. The van der Waals surface area contributed by atoms with Crippen LogP contribution in [-0.4, -0.2) is 15.0 Å². The molecule has 0 aliphatic carbocycles. The predicted octanol–water partition coefficient (Wildman–Crippen LogP) is 9.77. The second-order valence-corrected chi connectivity index (χ2v) is 7.74. The number of para-hydroxylation sites is 1. The third-order valence-corrected chi connectivity index (χ3v) is 5.24. The Hall–Kier alpha value is -4.05. The van der Waals surface area contributed by atoms with Crippen LogP contribution in [0.3, 0.4) is 0 Å². The highest BCUT2D eigenvalue weighted by Crippen LogP contribution is 2.31. The van der Waals surface area contributed by atoms with Gasteiger partial charge in [0.1, 0.15) is 17.0 Å². The van der Waals surface area contributed by atoms with Gasteiger partial charge in [0.15, 0.2) is 11.6 Å². The Morgan fingerprint density at radius 2 is 1.35 bits per heavy atom. The summed E-state index contributed by atoms with van der Waals surface area (Å²) in [5.41, 5.74) is 4.94. The largest absolute Gasteiger partial charge is 0.456 e. The molecule has 2 heterocycles. The van der Waals surface area contributed by atoms with Crippen molar-refractivity contribution in [2.24, 2.45) is 0 Å². The number of aryl methyl sites for hydroxylation is 2. The molecule has 0 amide bonds. The number of aromatic nitrogens is 3. The van der Waals surface area contributed by atoms with Gasteiger partial charge in [0.25, 0.3) is 0 Å². The van der Waals surface area contributed by atoms with Crippen molar-refractivity contribution in [1.82, 2.24) is 15.0 Å². The monoisotopic (exact) mass is 493 g/mol. The third-order valence-electron chi connectivity index (χ3n) is 5.24. The molecular weight excluding hydrogens is 454 g/mol. The van der Waals surface area contributed by atoms with E-state index in [9.17, 15) is 0 Å². The summed E-state index contributed by atoms with van der Waals surface area (Å²) in [5.74, 6) is 2.02. The van der Waals surface area contributed by atoms with Crippen molar-refractivity contribution in [3.05, 3.63) is 108 Å². The molecule has 0 saturated carbocycles. The third kappa shape index (κ3) is 7.71. The van der Waals surface area contributed by atoms with Crippen LogP contribution in [0.1, 0.15) is 58.8 Å². The maximum atomic E-state index is 5.99. The van der Waals surface area contributed by atoms with E-state index in [1.807, 2.05) is 115 Å². The van der Waals surface area contributed by atoms with E-state index in [1.54, 1.807) is 0 Å². The number of furan rings is 1. The minimum absolute atomic E-state index is 0.652. The first-order valence-electron chi connectivity index (χ1n) is 13.0. The molecule has 192 valence electrons. The number of allylic oxidation sites excluding steroid dienone is 4. The Labute approximate surface area is 221 Å². The molecule has 0 N–H and O–H groups in total. The van der Waals surface area contributed by atoms with Crippen molar-refractivity contribution in [2.45, 2.75) is 55.4 Å². The molecule has 37 heavy (non-hydrogen) atoms. The van der Waals surface area contributed by atoms with Gasteiger partial charge in [0.05, 0.1) is 0 Å². The Kier molecular flexibility index (Phi) is 11.9. The zero-order chi connectivity index (χ0) is 27.2. The summed E-state index contributed by atoms with van der Waals surface area (Å²) in [6, 6.07) is 24.4. The maximum Gasteiger partial charge on any atom is 0.163 e. The van der Waals surface area contributed by atoms with Crippen LogP contribution in [0.15, 0.2) is 95.4 Å². The van der Waals surface area contributed by atoms with E-state index in [2.05, 4.69) is 46.1 Å². The Bertz CT molecular complexity index is 1450. The average molecular weight is 494 g/mol. The Balaban J connectivity index is 0.000000371. The molecule has 0 spiro atoms. The molecule has 0 aliphatic rings. The molecule has 0 fully saturated rings. The van der Waals surface area contributed by atoms with Crippen LogP contribution in [-0.2, 0) is 0 Å². The molecule has 4 nitrogen and oxygen atoms in total. The SMILES string of the molecule is C/C=C\C(=C/C)c1nc(C)nc(-c2ccc3c(c2)oc2ccccc23)n1.CC.CC.Cc1ccccc1. The van der Waals surface area contributed by atoms with Crippen LogP contribution < -0.4 is 0 Å². The number of benzene rings is 3. The minimum Gasteiger partial charge on any atom is -0.456 e. The number of hydrogen-bond donors (Lipinski definition) is 0. The lowest BCUT2D eigenvalue weighted by molar-refractivity contribution is 0.669. The van der Waals surface area contributed by atoms with Gasteiger partial charge in [-0.1, -0.05) is 106 Å². The molecule has 0 unspecified atom stereocenters. The van der Waals surface area contributed by atoms with Gasteiger partial charge in [-0.3, -0.25) is 0 Å². The number of nitrogens with zero attached hydrogens (tertiary/aromatic N) is 3. The highest BCUT2D eigenvalue weighted by Gasteiger charge is 2.12. The van der Waals surface area contributed by atoms with Gasteiger partial charge in [-0.25, -0.2) is 15.0 Å². The summed E-state index contributed by atoms with van der Waals surface area (Å²) in [6.07, 6.45) is 5.98. The number of hydrogen-bond acceptors (Lipinski definition) is 4. The summed E-state index contributed by atoms with van der Waals surface area (Å²) in [4.78, 5) is 13.7. The van der Waals surface area contributed by atoms with Crippen LogP contribution >= 0.6 is 0 Å². The standard InChI is InChI=1S/C22H19N3O.C7H8.2C2H6/c1-4-8-15(5-2)21-23-14(3)24-22(25-21)16-11-12-18-17-9-6-7-10-19(17)26-20(18)13-16;1-7-5-3-2-4-6-7;2*1-2/h4-13H,1-3H3;2-6H,1H3;2*1-2H3/b8-4-,15-5+;;;. The first kappa shape index (κ1) is 29.2. The fraction of sp³-hybridized carbons (Fsp3) is 0.242. The summed E-state index contributed by atoms with van der Waals surface area (Å²) < 4.78 is 5.99. The maximum absolute atomic E-state index is 5.99. The van der Waals surface area contributed by atoms with E-state index < -0.39 is 0 Å². The van der Waals surface area contributed by atoms with Crippen molar-refractivity contribution >= 4 is 27.5 Å². The molecule has 0 saturated heterocycles. The van der Waals surface area contributed by atoms with E-state index in [1.165, 1.54) is 5.56 Å². The number of fused-ring (bicyclic) bond motifs is 3. The van der Waals surface area contributed by atoms with Crippen LogP contribution in [0.5, 0.6) is 0 Å². The van der Waals surface area contributed by atoms with E-state index >= 15 is 0 Å². The fourth-order valence-electron chi connectivity index (χ4n) is 3.62. The molecule has 3 aromatic carbocycles. The normalized spacial score (nSPS) is 10.8. The summed E-state index contributed by atoms with van der Waals surface area (Å²) in [6.45, 7) is 15.9. The van der Waals surface area contributed by atoms with E-state index in [0.29, 0.717) is 17.5 Å². The summed E-state index contributed by atoms with van der Waals surface area (Å²) >= 11 is 0. The second-order valence-electron chi connectivity index (χ2n) is 7.74. The average Bonchev–Trinajstić information content (AvgIpc) is 3.32. The van der Waals surface area contributed by atoms with Gasteiger partial charge in [0, 0.05) is 21.9 Å².